The van der Waals surface area contributed by atoms with Gasteiger partial charge in [-0.05, 0) is 36.8 Å². The Balaban J connectivity index is 1.97. The molecule has 31 heavy (non-hydrogen) atoms. The zero-order valence-corrected chi connectivity index (χ0v) is 18.7. The van der Waals surface area contributed by atoms with E-state index < -0.39 is 5.60 Å². The molecular weight excluding hydrogens is 435 g/mol. The molecule has 1 aliphatic heterocycles. The number of ether oxygens (including phenoxy) is 1. The summed E-state index contributed by atoms with van der Waals surface area (Å²) in [5, 5.41) is 14.1. The van der Waals surface area contributed by atoms with Crippen molar-refractivity contribution in [3.8, 4) is 28.3 Å². The highest BCUT2D eigenvalue weighted by Crippen LogP contribution is 2.44. The molecule has 0 bridgehead atoms. The van der Waals surface area contributed by atoms with Crippen LogP contribution in [0, 0.1) is 0 Å². The molecule has 7 heteroatoms. The minimum atomic E-state index is -0.868. The van der Waals surface area contributed by atoms with Crippen LogP contribution < -0.4 is 10.1 Å². The summed E-state index contributed by atoms with van der Waals surface area (Å²) in [6, 6.07) is 16.6. The van der Waals surface area contributed by atoms with Crippen molar-refractivity contribution in [1.29, 1.82) is 0 Å². The Labute approximate surface area is 191 Å². The number of fused-ring (bicyclic) bond motifs is 1. The van der Waals surface area contributed by atoms with Crippen LogP contribution in [0.1, 0.15) is 31.9 Å². The summed E-state index contributed by atoms with van der Waals surface area (Å²) in [7, 11) is 0. The molecule has 0 fully saturated rings. The number of aliphatic hydroxyl groups excluding tert-OH is 1. The summed E-state index contributed by atoms with van der Waals surface area (Å²) in [5.41, 5.74) is 3.04. The second-order valence-electron chi connectivity index (χ2n) is 7.93. The van der Waals surface area contributed by atoms with Gasteiger partial charge in [0.1, 0.15) is 5.60 Å². The molecule has 2 atom stereocenters. The maximum Gasteiger partial charge on any atom is 0.219 e. The minimum absolute atomic E-state index is 0.165. The number of nitrogens with one attached hydrogen (secondary N) is 1. The number of hydrogen-bond acceptors (Lipinski definition) is 4. The third-order valence-electron chi connectivity index (χ3n) is 5.37. The van der Waals surface area contributed by atoms with E-state index in [2.05, 4.69) is 5.32 Å². The van der Waals surface area contributed by atoms with Gasteiger partial charge >= 0.3 is 0 Å². The van der Waals surface area contributed by atoms with Gasteiger partial charge in [-0.2, -0.15) is 0 Å². The summed E-state index contributed by atoms with van der Waals surface area (Å²) < 4.78 is 6.12. The van der Waals surface area contributed by atoms with Crippen LogP contribution in [0.15, 0.2) is 54.6 Å². The van der Waals surface area contributed by atoms with E-state index in [1.165, 1.54) is 6.92 Å². The summed E-state index contributed by atoms with van der Waals surface area (Å²) in [6.45, 7) is 3.07. The molecule has 1 amide bonds. The summed E-state index contributed by atoms with van der Waals surface area (Å²) >= 11 is 12.6. The molecule has 2 N–H and O–H groups in total. The minimum Gasteiger partial charge on any atom is -0.469 e. The first-order chi connectivity index (χ1) is 14.8. The lowest BCUT2D eigenvalue weighted by Gasteiger charge is -2.38. The second-order valence-corrected chi connectivity index (χ2v) is 8.78. The van der Waals surface area contributed by atoms with Gasteiger partial charge in [0.2, 0.25) is 11.8 Å². The van der Waals surface area contributed by atoms with Gasteiger partial charge in [-0.1, -0.05) is 53.5 Å². The van der Waals surface area contributed by atoms with Crippen LogP contribution in [0.5, 0.6) is 5.88 Å². The molecule has 1 aliphatic rings. The van der Waals surface area contributed by atoms with Crippen LogP contribution >= 0.6 is 23.2 Å². The predicted molar refractivity (Wildman–Crippen MR) is 122 cm³/mol. The molecule has 2 aromatic carbocycles. The summed E-state index contributed by atoms with van der Waals surface area (Å²) in [4.78, 5) is 16.7. The number of halogens is 2. The Kier molecular flexibility index (Phi) is 5.93. The van der Waals surface area contributed by atoms with Gasteiger partial charge in [-0.3, -0.25) is 4.79 Å². The van der Waals surface area contributed by atoms with Gasteiger partial charge in [-0.15, -0.1) is 0 Å². The Bertz CT molecular complexity index is 1130. The number of amides is 1. The van der Waals surface area contributed by atoms with Crippen molar-refractivity contribution in [3.63, 3.8) is 0 Å². The zero-order chi connectivity index (χ0) is 22.2. The Morgan fingerprint density at radius 3 is 2.55 bits per heavy atom. The molecule has 1 aromatic heterocycles. The van der Waals surface area contributed by atoms with E-state index in [0.29, 0.717) is 28.0 Å². The monoisotopic (exact) mass is 456 g/mol. The van der Waals surface area contributed by atoms with Crippen LogP contribution in [-0.2, 0) is 4.79 Å². The number of aliphatic hydroxyl groups is 1. The van der Waals surface area contributed by atoms with Crippen LogP contribution in [0.2, 0.25) is 10.0 Å². The van der Waals surface area contributed by atoms with Crippen LogP contribution in [-0.4, -0.2) is 28.2 Å². The van der Waals surface area contributed by atoms with Gasteiger partial charge in [0.25, 0.3) is 0 Å². The van der Waals surface area contributed by atoms with Gasteiger partial charge < -0.3 is 15.2 Å². The number of carbonyl (C=O) groups excluding carboxylic acids is 1. The topological polar surface area (TPSA) is 71.5 Å². The van der Waals surface area contributed by atoms with Crippen molar-refractivity contribution >= 4 is 29.1 Å². The standard InChI is InChI=1S/C24H22Cl2N2O3/c1-14(30)27-21-12-24(2,13-29)31-23-19(21)11-18(15-7-9-16(25)10-8-15)22(28-23)17-5-3-4-6-20(17)26/h3-11,21,29H,12-13H2,1-2H3,(H,27,30). The molecule has 3 aromatic rings. The van der Waals surface area contributed by atoms with E-state index in [0.717, 1.165) is 22.3 Å². The first kappa shape index (κ1) is 21.6. The molecule has 160 valence electrons. The fourth-order valence-electron chi connectivity index (χ4n) is 3.84. The normalized spacial score (nSPS) is 20.0. The van der Waals surface area contributed by atoms with E-state index in [1.807, 2.05) is 54.6 Å². The number of nitrogens with zero attached hydrogens (tertiary/aromatic N) is 1. The molecule has 0 aliphatic carbocycles. The fraction of sp³-hybridized carbons (Fsp3) is 0.250. The molecule has 0 saturated carbocycles. The lowest BCUT2D eigenvalue weighted by atomic mass is 9.87. The summed E-state index contributed by atoms with van der Waals surface area (Å²) in [6.07, 6.45) is 0.420. The molecule has 2 heterocycles. The maximum absolute atomic E-state index is 11.9. The van der Waals surface area contributed by atoms with Gasteiger partial charge in [0, 0.05) is 40.1 Å². The van der Waals surface area contributed by atoms with Crippen LogP contribution in [0.4, 0.5) is 0 Å². The largest absolute Gasteiger partial charge is 0.469 e. The molecule has 4 rings (SSSR count). The van der Waals surface area contributed by atoms with Crippen molar-refractivity contribution in [3.05, 3.63) is 70.2 Å². The first-order valence-corrected chi connectivity index (χ1v) is 10.7. The molecule has 0 saturated heterocycles. The molecular formula is C24H22Cl2N2O3. The smallest absolute Gasteiger partial charge is 0.219 e. The highest BCUT2D eigenvalue weighted by Gasteiger charge is 2.39. The third-order valence-corrected chi connectivity index (χ3v) is 5.95. The third kappa shape index (κ3) is 4.40. The lowest BCUT2D eigenvalue weighted by Crippen LogP contribution is -2.45. The number of carbonyl (C=O) groups is 1. The van der Waals surface area contributed by atoms with E-state index in [4.69, 9.17) is 32.9 Å². The van der Waals surface area contributed by atoms with Crippen molar-refractivity contribution in [2.45, 2.75) is 31.9 Å². The Hall–Kier alpha value is -2.60. The quantitative estimate of drug-likeness (QED) is 0.548. The van der Waals surface area contributed by atoms with Crippen molar-refractivity contribution < 1.29 is 14.6 Å². The average Bonchev–Trinajstić information content (AvgIpc) is 2.73. The number of rotatable bonds is 4. The van der Waals surface area contributed by atoms with Gasteiger partial charge in [0.15, 0.2) is 0 Å². The number of aromatic nitrogens is 1. The fourth-order valence-corrected chi connectivity index (χ4v) is 4.19. The molecule has 0 spiro atoms. The number of benzene rings is 2. The van der Waals surface area contributed by atoms with Gasteiger partial charge in [-0.25, -0.2) is 4.98 Å². The predicted octanol–water partition coefficient (Wildman–Crippen LogP) is 5.43. The maximum atomic E-state index is 11.9. The highest BCUT2D eigenvalue weighted by molar-refractivity contribution is 6.33. The van der Waals surface area contributed by atoms with E-state index in [-0.39, 0.29) is 18.6 Å². The van der Waals surface area contributed by atoms with E-state index >= 15 is 0 Å². The lowest BCUT2D eigenvalue weighted by molar-refractivity contribution is -0.120. The van der Waals surface area contributed by atoms with Crippen LogP contribution in [0.25, 0.3) is 22.4 Å². The number of pyridine rings is 1. The van der Waals surface area contributed by atoms with Gasteiger partial charge in [0.05, 0.1) is 18.3 Å². The highest BCUT2D eigenvalue weighted by atomic mass is 35.5. The Morgan fingerprint density at radius 2 is 1.90 bits per heavy atom. The van der Waals surface area contributed by atoms with Crippen molar-refractivity contribution in [1.82, 2.24) is 10.3 Å². The number of hydrogen-bond donors (Lipinski definition) is 2. The molecule has 0 radical (unpaired) electrons. The first-order valence-electron chi connectivity index (χ1n) is 9.92. The van der Waals surface area contributed by atoms with Crippen molar-refractivity contribution in [2.24, 2.45) is 0 Å². The van der Waals surface area contributed by atoms with E-state index in [1.54, 1.807) is 6.92 Å². The van der Waals surface area contributed by atoms with Crippen LogP contribution in [0.3, 0.4) is 0 Å². The average molecular weight is 457 g/mol. The Morgan fingerprint density at radius 1 is 1.19 bits per heavy atom. The summed E-state index contributed by atoms with van der Waals surface area (Å²) in [5.74, 6) is 0.204. The SMILES string of the molecule is CC(=O)NC1CC(C)(CO)Oc2nc(-c3ccccc3Cl)c(-c3ccc(Cl)cc3)cc21. The molecule has 2 unspecified atom stereocenters. The van der Waals surface area contributed by atoms with Crippen molar-refractivity contribution in [2.75, 3.05) is 6.61 Å². The molecule has 5 nitrogen and oxygen atoms in total. The van der Waals surface area contributed by atoms with E-state index in [9.17, 15) is 9.90 Å². The zero-order valence-electron chi connectivity index (χ0n) is 17.2. The second kappa shape index (κ2) is 8.50.